The fraction of sp³-hybridized carbons (Fsp3) is 0.417. The summed E-state index contributed by atoms with van der Waals surface area (Å²) in [5.41, 5.74) is 4.13. The molecule has 2 aromatic rings. The van der Waals surface area contributed by atoms with Gasteiger partial charge in [0, 0.05) is 12.3 Å². The summed E-state index contributed by atoms with van der Waals surface area (Å²) in [5.74, 6) is -1.10. The van der Waals surface area contributed by atoms with E-state index in [0.29, 0.717) is 0 Å². The lowest BCUT2D eigenvalue weighted by Crippen LogP contribution is -2.41. The van der Waals surface area contributed by atoms with Crippen LogP contribution in [0.15, 0.2) is 48.5 Å². The van der Waals surface area contributed by atoms with Crippen LogP contribution in [-0.2, 0) is 14.3 Å². The normalized spacial score (nSPS) is 20.7. The predicted molar refractivity (Wildman–Crippen MR) is 112 cm³/mol. The number of hydrogen-bond acceptors (Lipinski definition) is 4. The molecule has 0 saturated carbocycles. The summed E-state index contributed by atoms with van der Waals surface area (Å²) in [5, 5.41) is 9.58. The van der Waals surface area contributed by atoms with Crippen LogP contribution < -0.4 is 0 Å². The number of carboxylic acids is 1. The number of nitrogens with zero attached hydrogens (tertiary/aromatic N) is 1. The lowest BCUT2D eigenvalue weighted by molar-refractivity contribution is -0.141. The third-order valence-corrected chi connectivity index (χ3v) is 5.64. The first-order chi connectivity index (χ1) is 14.2. The van der Waals surface area contributed by atoms with Gasteiger partial charge in [-0.15, -0.1) is 0 Å². The number of carboxylic acid groups (broad SMARTS) is 1. The first-order valence-corrected chi connectivity index (χ1v) is 10.3. The molecule has 1 aliphatic heterocycles. The summed E-state index contributed by atoms with van der Waals surface area (Å²) in [6, 6.07) is 15.3. The van der Waals surface area contributed by atoms with Gasteiger partial charge in [0.05, 0.1) is 18.2 Å². The topological polar surface area (TPSA) is 76.1 Å². The zero-order valence-electron chi connectivity index (χ0n) is 17.5. The van der Waals surface area contributed by atoms with Gasteiger partial charge in [0.15, 0.2) is 0 Å². The van der Waals surface area contributed by atoms with Gasteiger partial charge in [-0.25, -0.2) is 9.59 Å². The maximum Gasteiger partial charge on any atom is 0.410 e. The number of hydrogen-bond donors (Lipinski definition) is 1. The van der Waals surface area contributed by atoms with Gasteiger partial charge in [-0.05, 0) is 43.0 Å². The van der Waals surface area contributed by atoms with Crippen LogP contribution in [0.1, 0.15) is 44.2 Å². The van der Waals surface area contributed by atoms with Crippen molar-refractivity contribution in [2.75, 3.05) is 13.2 Å². The molecule has 0 spiro atoms. The minimum Gasteiger partial charge on any atom is -0.480 e. The lowest BCUT2D eigenvalue weighted by atomic mass is 9.98. The zero-order valence-corrected chi connectivity index (χ0v) is 17.5. The Morgan fingerprint density at radius 1 is 1.03 bits per heavy atom. The average molecular weight is 409 g/mol. The van der Waals surface area contributed by atoms with E-state index in [4.69, 9.17) is 9.47 Å². The Hall–Kier alpha value is -2.86. The molecule has 1 fully saturated rings. The van der Waals surface area contributed by atoms with Crippen molar-refractivity contribution in [2.45, 2.75) is 50.9 Å². The molecular weight excluding hydrogens is 382 g/mol. The van der Waals surface area contributed by atoms with Crippen molar-refractivity contribution in [1.29, 1.82) is 0 Å². The molecule has 0 bridgehead atoms. The van der Waals surface area contributed by atoms with E-state index in [1.807, 2.05) is 45.0 Å². The van der Waals surface area contributed by atoms with Gasteiger partial charge in [-0.2, -0.15) is 0 Å². The summed E-state index contributed by atoms with van der Waals surface area (Å²) in [6.07, 6.45) is -0.674. The Morgan fingerprint density at radius 2 is 1.60 bits per heavy atom. The number of rotatable bonds is 4. The SMILES string of the molecule is CC(C)(C)O[C@@H]1C[C@H](C(=O)O)N(C(=O)OCC2c3ccccc3-c3ccccc32)C1. The molecule has 158 valence electrons. The van der Waals surface area contributed by atoms with Crippen LogP contribution in [-0.4, -0.2) is 53.0 Å². The van der Waals surface area contributed by atoms with Gasteiger partial charge >= 0.3 is 12.1 Å². The number of ether oxygens (including phenoxy) is 2. The molecule has 1 saturated heterocycles. The Kier molecular flexibility index (Phi) is 5.28. The summed E-state index contributed by atoms with van der Waals surface area (Å²) in [6.45, 7) is 6.13. The molecule has 2 aliphatic rings. The number of carbonyl (C=O) groups is 2. The van der Waals surface area contributed by atoms with E-state index in [0.717, 1.165) is 22.3 Å². The monoisotopic (exact) mass is 409 g/mol. The van der Waals surface area contributed by atoms with Crippen LogP contribution in [0.2, 0.25) is 0 Å². The highest BCUT2D eigenvalue weighted by Crippen LogP contribution is 2.44. The molecule has 0 unspecified atom stereocenters. The zero-order chi connectivity index (χ0) is 21.5. The fourth-order valence-electron chi connectivity index (χ4n) is 4.50. The quantitative estimate of drug-likeness (QED) is 0.816. The number of aliphatic carboxylic acids is 1. The molecule has 1 amide bonds. The van der Waals surface area contributed by atoms with Crippen LogP contribution >= 0.6 is 0 Å². The predicted octanol–water partition coefficient (Wildman–Crippen LogP) is 4.28. The van der Waals surface area contributed by atoms with Crippen molar-refractivity contribution >= 4 is 12.1 Å². The van der Waals surface area contributed by atoms with Crippen molar-refractivity contribution in [2.24, 2.45) is 0 Å². The minimum atomic E-state index is -1.04. The van der Waals surface area contributed by atoms with E-state index in [1.165, 1.54) is 4.90 Å². The molecule has 1 N–H and O–H groups in total. The molecule has 0 radical (unpaired) electrons. The third kappa shape index (κ3) is 3.92. The third-order valence-electron chi connectivity index (χ3n) is 5.64. The second-order valence-corrected chi connectivity index (χ2v) is 8.90. The van der Waals surface area contributed by atoms with Crippen LogP contribution in [0.25, 0.3) is 11.1 Å². The Bertz CT molecular complexity index is 919. The van der Waals surface area contributed by atoms with Crippen molar-refractivity contribution in [3.63, 3.8) is 0 Å². The standard InChI is InChI=1S/C24H27NO5/c1-24(2,3)30-15-12-21(22(26)27)25(13-15)23(28)29-14-20-18-10-6-4-8-16(18)17-9-5-7-11-19(17)20/h4-11,15,20-21H,12-14H2,1-3H3,(H,26,27)/t15-,21-/m1/s1. The van der Waals surface area contributed by atoms with E-state index >= 15 is 0 Å². The summed E-state index contributed by atoms with van der Waals surface area (Å²) in [4.78, 5) is 25.8. The first-order valence-electron chi connectivity index (χ1n) is 10.3. The molecule has 0 aromatic heterocycles. The molecule has 2 atom stereocenters. The highest BCUT2D eigenvalue weighted by atomic mass is 16.6. The van der Waals surface area contributed by atoms with Gasteiger partial charge in [0.25, 0.3) is 0 Å². The van der Waals surface area contributed by atoms with Crippen molar-refractivity contribution in [1.82, 2.24) is 4.90 Å². The van der Waals surface area contributed by atoms with Crippen LogP contribution in [0.4, 0.5) is 4.79 Å². The smallest absolute Gasteiger partial charge is 0.410 e. The average Bonchev–Trinajstić information content (AvgIpc) is 3.24. The van der Waals surface area contributed by atoms with Gasteiger partial charge in [0.1, 0.15) is 12.6 Å². The maximum atomic E-state index is 12.8. The Balaban J connectivity index is 1.48. The molecule has 30 heavy (non-hydrogen) atoms. The van der Waals surface area contributed by atoms with E-state index in [-0.39, 0.29) is 31.6 Å². The van der Waals surface area contributed by atoms with Crippen LogP contribution in [0.3, 0.4) is 0 Å². The van der Waals surface area contributed by atoms with Crippen molar-refractivity contribution in [3.8, 4) is 11.1 Å². The molecule has 4 rings (SSSR count). The molecule has 1 heterocycles. The second-order valence-electron chi connectivity index (χ2n) is 8.90. The van der Waals surface area contributed by atoms with Gasteiger partial charge < -0.3 is 14.6 Å². The largest absolute Gasteiger partial charge is 0.480 e. The second kappa shape index (κ2) is 7.76. The van der Waals surface area contributed by atoms with E-state index in [9.17, 15) is 14.7 Å². The highest BCUT2D eigenvalue weighted by molar-refractivity contribution is 5.81. The molecule has 6 nitrogen and oxygen atoms in total. The molecule has 1 aliphatic carbocycles. The van der Waals surface area contributed by atoms with E-state index in [2.05, 4.69) is 24.3 Å². The van der Waals surface area contributed by atoms with Crippen LogP contribution in [0.5, 0.6) is 0 Å². The van der Waals surface area contributed by atoms with Gasteiger partial charge in [-0.3, -0.25) is 4.90 Å². The Morgan fingerprint density at radius 3 is 2.13 bits per heavy atom. The maximum absolute atomic E-state index is 12.8. The first kappa shape index (κ1) is 20.4. The molecule has 2 aromatic carbocycles. The van der Waals surface area contributed by atoms with Crippen LogP contribution in [0, 0.1) is 0 Å². The lowest BCUT2D eigenvalue weighted by Gasteiger charge is -2.25. The summed E-state index contributed by atoms with van der Waals surface area (Å²) in [7, 11) is 0. The highest BCUT2D eigenvalue weighted by Gasteiger charge is 2.42. The summed E-state index contributed by atoms with van der Waals surface area (Å²) < 4.78 is 11.6. The number of benzene rings is 2. The summed E-state index contributed by atoms with van der Waals surface area (Å²) >= 11 is 0. The number of amides is 1. The fourth-order valence-corrected chi connectivity index (χ4v) is 4.50. The molecular formula is C24H27NO5. The number of carbonyl (C=O) groups excluding carboxylic acids is 1. The van der Waals surface area contributed by atoms with E-state index < -0.39 is 23.7 Å². The van der Waals surface area contributed by atoms with E-state index in [1.54, 1.807) is 0 Å². The number of likely N-dealkylation sites (tertiary alicyclic amines) is 1. The van der Waals surface area contributed by atoms with Crippen molar-refractivity contribution in [3.05, 3.63) is 59.7 Å². The molecule has 6 heteroatoms. The van der Waals surface area contributed by atoms with Gasteiger partial charge in [0.2, 0.25) is 0 Å². The van der Waals surface area contributed by atoms with Crippen molar-refractivity contribution < 1.29 is 24.2 Å². The number of fused-ring (bicyclic) bond motifs is 3. The Labute approximate surface area is 176 Å². The minimum absolute atomic E-state index is 0.0612. The van der Waals surface area contributed by atoms with Gasteiger partial charge in [-0.1, -0.05) is 48.5 Å².